The molecule has 0 bridgehead atoms. The predicted molar refractivity (Wildman–Crippen MR) is 71.1 cm³/mol. The molecular weight excluding hydrogens is 215 g/mol. The van der Waals surface area contributed by atoms with E-state index in [2.05, 4.69) is 34.6 Å². The Bertz CT molecular complexity index is 276. The van der Waals surface area contributed by atoms with E-state index >= 15 is 0 Å². The topological polar surface area (TPSA) is 27.7 Å². The smallest absolute Gasteiger partial charge is 0.406 e. The predicted octanol–water partition coefficient (Wildman–Crippen LogP) is 3.14. The van der Waals surface area contributed by atoms with Gasteiger partial charge in [0.1, 0.15) is 0 Å². The van der Waals surface area contributed by atoms with E-state index in [9.17, 15) is 0 Å². The van der Waals surface area contributed by atoms with Crippen LogP contribution in [0.5, 0.6) is 0 Å². The van der Waals surface area contributed by atoms with Gasteiger partial charge in [-0.2, -0.15) is 0 Å². The first-order chi connectivity index (χ1) is 7.52. The molecule has 1 aliphatic rings. The third-order valence-electron chi connectivity index (χ3n) is 4.41. The minimum atomic E-state index is -0.335. The second kappa shape index (κ2) is 4.56. The number of ether oxygens (including phenoxy) is 1. The van der Waals surface area contributed by atoms with Crippen LogP contribution in [-0.4, -0.2) is 31.0 Å². The Hall–Kier alpha value is -0.0551. The highest BCUT2D eigenvalue weighted by atomic mass is 16.6. The molecule has 0 aliphatic carbocycles. The Morgan fingerprint density at radius 1 is 1.06 bits per heavy atom. The molecule has 1 unspecified atom stereocenters. The van der Waals surface area contributed by atoms with Crippen molar-refractivity contribution in [2.75, 3.05) is 6.61 Å². The summed E-state index contributed by atoms with van der Waals surface area (Å²) in [6, 6.07) is 0. The van der Waals surface area contributed by atoms with E-state index < -0.39 is 0 Å². The Kier molecular flexibility index (Phi) is 4.02. The minimum absolute atomic E-state index is 0.124. The summed E-state index contributed by atoms with van der Waals surface area (Å²) in [6.07, 6.45) is 0.215. The average Bonchev–Trinajstić information content (AvgIpc) is 2.11. The summed E-state index contributed by atoms with van der Waals surface area (Å²) in [5, 5.41) is 0. The summed E-state index contributed by atoms with van der Waals surface area (Å²) in [7, 11) is -0.196. The largest absolute Gasteiger partial charge is 0.454 e. The highest BCUT2D eigenvalue weighted by Gasteiger charge is 2.57. The highest BCUT2D eigenvalue weighted by molar-refractivity contribution is 6.43. The van der Waals surface area contributed by atoms with E-state index in [1.54, 1.807) is 0 Å². The maximum absolute atomic E-state index is 6.03. The fourth-order valence-corrected chi connectivity index (χ4v) is 2.28. The molecule has 0 N–H and O–H groups in total. The van der Waals surface area contributed by atoms with E-state index in [-0.39, 0.29) is 29.8 Å². The van der Waals surface area contributed by atoms with Gasteiger partial charge in [-0.1, -0.05) is 13.8 Å². The number of rotatable bonds is 3. The monoisotopic (exact) mass is 242 g/mol. The van der Waals surface area contributed by atoms with E-state index in [0.29, 0.717) is 6.61 Å². The summed E-state index contributed by atoms with van der Waals surface area (Å²) < 4.78 is 17.7. The molecule has 0 aromatic heterocycles. The van der Waals surface area contributed by atoms with Gasteiger partial charge in [-0.3, -0.25) is 0 Å². The first-order valence-corrected chi connectivity index (χ1v) is 6.49. The summed E-state index contributed by atoms with van der Waals surface area (Å²) in [5.74, 6) is 0. The van der Waals surface area contributed by atoms with Crippen molar-refractivity contribution in [1.29, 1.82) is 0 Å². The second-order valence-corrected chi connectivity index (χ2v) is 6.53. The van der Waals surface area contributed by atoms with E-state index in [1.807, 2.05) is 20.7 Å². The first kappa shape index (κ1) is 15.0. The molecule has 1 fully saturated rings. The summed E-state index contributed by atoms with van der Waals surface area (Å²) in [5.41, 5.74) is -0.695. The van der Waals surface area contributed by atoms with E-state index in [4.69, 9.17) is 14.0 Å². The first-order valence-electron chi connectivity index (χ1n) is 6.49. The van der Waals surface area contributed by atoms with Crippen LogP contribution >= 0.6 is 0 Å². The van der Waals surface area contributed by atoms with Crippen molar-refractivity contribution < 1.29 is 14.0 Å². The van der Waals surface area contributed by atoms with Gasteiger partial charge in [0.15, 0.2) is 0 Å². The Balaban J connectivity index is 2.94. The van der Waals surface area contributed by atoms with Crippen LogP contribution < -0.4 is 0 Å². The third kappa shape index (κ3) is 2.69. The van der Waals surface area contributed by atoms with Crippen molar-refractivity contribution in [1.82, 2.24) is 0 Å². The van der Waals surface area contributed by atoms with Crippen molar-refractivity contribution in [3.05, 3.63) is 0 Å². The van der Waals surface area contributed by atoms with Gasteiger partial charge < -0.3 is 14.0 Å². The molecule has 0 radical (unpaired) electrons. The molecule has 1 atom stereocenters. The maximum Gasteiger partial charge on any atom is 0.454 e. The van der Waals surface area contributed by atoms with Gasteiger partial charge in [-0.25, -0.2) is 0 Å². The molecule has 1 saturated heterocycles. The SMILES string of the molecule is CB1OC(C)(C)C(C)(C)C(C)(COC(C)C)O1. The lowest BCUT2D eigenvalue weighted by molar-refractivity contribution is -0.213. The van der Waals surface area contributed by atoms with Crippen LogP contribution in [-0.2, 0) is 14.0 Å². The maximum atomic E-state index is 6.03. The van der Waals surface area contributed by atoms with Gasteiger partial charge in [0.05, 0.1) is 23.9 Å². The van der Waals surface area contributed by atoms with Gasteiger partial charge >= 0.3 is 7.12 Å². The molecule has 0 aromatic carbocycles. The molecule has 1 aliphatic heterocycles. The van der Waals surface area contributed by atoms with Crippen LogP contribution in [0.15, 0.2) is 0 Å². The molecule has 1 heterocycles. The quantitative estimate of drug-likeness (QED) is 0.711. The van der Waals surface area contributed by atoms with E-state index in [0.717, 1.165) is 0 Å². The van der Waals surface area contributed by atoms with Gasteiger partial charge in [0, 0.05) is 5.41 Å². The highest BCUT2D eigenvalue weighted by Crippen LogP contribution is 2.49. The summed E-state index contributed by atoms with van der Waals surface area (Å²) in [6.45, 7) is 17.4. The average molecular weight is 242 g/mol. The summed E-state index contributed by atoms with van der Waals surface area (Å²) in [4.78, 5) is 0. The van der Waals surface area contributed by atoms with Crippen LogP contribution in [0.2, 0.25) is 6.82 Å². The van der Waals surface area contributed by atoms with Crippen LogP contribution in [0, 0.1) is 5.41 Å². The fraction of sp³-hybridized carbons (Fsp3) is 1.00. The van der Waals surface area contributed by atoms with Crippen LogP contribution in [0.4, 0.5) is 0 Å². The van der Waals surface area contributed by atoms with Crippen molar-refractivity contribution in [3.8, 4) is 0 Å². The number of hydrogen-bond donors (Lipinski definition) is 0. The Morgan fingerprint density at radius 3 is 2.06 bits per heavy atom. The van der Waals surface area contributed by atoms with Crippen LogP contribution in [0.1, 0.15) is 48.5 Å². The van der Waals surface area contributed by atoms with Crippen molar-refractivity contribution in [2.24, 2.45) is 5.41 Å². The fourth-order valence-electron chi connectivity index (χ4n) is 2.28. The van der Waals surface area contributed by atoms with Gasteiger partial charge in [-0.05, 0) is 41.4 Å². The van der Waals surface area contributed by atoms with Crippen LogP contribution in [0.3, 0.4) is 0 Å². The lowest BCUT2D eigenvalue weighted by atomic mass is 9.62. The molecule has 100 valence electrons. The van der Waals surface area contributed by atoms with Gasteiger partial charge in [0.25, 0.3) is 0 Å². The van der Waals surface area contributed by atoms with Gasteiger partial charge in [0.2, 0.25) is 0 Å². The van der Waals surface area contributed by atoms with Gasteiger partial charge in [-0.15, -0.1) is 0 Å². The van der Waals surface area contributed by atoms with Crippen molar-refractivity contribution in [2.45, 2.75) is 72.6 Å². The molecular formula is C13H27BO3. The lowest BCUT2D eigenvalue weighted by Crippen LogP contribution is -2.66. The zero-order chi connectivity index (χ0) is 13.5. The van der Waals surface area contributed by atoms with Crippen molar-refractivity contribution >= 4 is 7.12 Å². The minimum Gasteiger partial charge on any atom is -0.406 e. The molecule has 0 aromatic rings. The molecule has 0 amide bonds. The Morgan fingerprint density at radius 2 is 1.59 bits per heavy atom. The molecule has 0 spiro atoms. The summed E-state index contributed by atoms with van der Waals surface area (Å²) >= 11 is 0. The number of hydrogen-bond acceptors (Lipinski definition) is 3. The molecule has 0 saturated carbocycles. The molecule has 17 heavy (non-hydrogen) atoms. The lowest BCUT2D eigenvalue weighted by Gasteiger charge is -2.58. The second-order valence-electron chi connectivity index (χ2n) is 6.53. The van der Waals surface area contributed by atoms with E-state index in [1.165, 1.54) is 0 Å². The zero-order valence-corrected chi connectivity index (χ0v) is 12.6. The molecule has 4 heteroatoms. The molecule has 1 rings (SSSR count). The third-order valence-corrected chi connectivity index (χ3v) is 4.41. The normalized spacial score (nSPS) is 31.9. The molecule has 3 nitrogen and oxygen atoms in total. The van der Waals surface area contributed by atoms with Crippen molar-refractivity contribution in [3.63, 3.8) is 0 Å². The zero-order valence-electron chi connectivity index (χ0n) is 12.6. The standard InChI is InChI=1S/C13H27BO3/c1-10(2)15-9-13(7)11(3,4)12(5,6)16-14(8)17-13/h10H,9H2,1-8H3. The Labute approximate surface area is 106 Å². The van der Waals surface area contributed by atoms with Crippen LogP contribution in [0.25, 0.3) is 0 Å².